The van der Waals surface area contributed by atoms with E-state index in [4.69, 9.17) is 0 Å². The zero-order valence-corrected chi connectivity index (χ0v) is 13.0. The highest BCUT2D eigenvalue weighted by Gasteiger charge is 2.13. The molecule has 2 aromatic rings. The maximum Gasteiger partial charge on any atom is 0.150 e. The third-order valence-electron chi connectivity index (χ3n) is 3.26. The van der Waals surface area contributed by atoms with E-state index in [0.717, 1.165) is 18.1 Å². The molecule has 4 heteroatoms. The summed E-state index contributed by atoms with van der Waals surface area (Å²) in [7, 11) is 0. The summed E-state index contributed by atoms with van der Waals surface area (Å²) < 4.78 is 27.2. The molecule has 1 unspecified atom stereocenters. The van der Waals surface area contributed by atoms with Crippen LogP contribution in [0.4, 0.5) is 14.5 Å². The molecule has 2 aromatic carbocycles. The lowest BCUT2D eigenvalue weighted by Gasteiger charge is -2.18. The minimum absolute atomic E-state index is 0.0721. The molecule has 0 aromatic heterocycles. The van der Waals surface area contributed by atoms with Crippen molar-refractivity contribution in [1.29, 1.82) is 0 Å². The molecule has 1 nitrogen and oxygen atoms in total. The average molecular weight is 340 g/mol. The van der Waals surface area contributed by atoms with Gasteiger partial charge >= 0.3 is 0 Å². The molecule has 0 radical (unpaired) electrons. The van der Waals surface area contributed by atoms with Gasteiger partial charge in [0.2, 0.25) is 0 Å². The van der Waals surface area contributed by atoms with Crippen LogP contribution in [0.2, 0.25) is 0 Å². The van der Waals surface area contributed by atoms with Crippen LogP contribution in [0.25, 0.3) is 0 Å². The topological polar surface area (TPSA) is 12.0 Å². The fraction of sp³-hybridized carbons (Fsp3) is 0.250. The van der Waals surface area contributed by atoms with Crippen molar-refractivity contribution < 1.29 is 8.78 Å². The van der Waals surface area contributed by atoms with E-state index in [1.165, 1.54) is 11.6 Å². The third kappa shape index (κ3) is 3.37. The summed E-state index contributed by atoms with van der Waals surface area (Å²) >= 11 is 3.18. The first-order valence-electron chi connectivity index (χ1n) is 6.51. The quantitative estimate of drug-likeness (QED) is 0.779. The Kier molecular flexibility index (Phi) is 4.76. The molecular weight excluding hydrogens is 324 g/mol. The first kappa shape index (κ1) is 15.0. The van der Waals surface area contributed by atoms with Crippen LogP contribution in [0.15, 0.2) is 40.9 Å². The van der Waals surface area contributed by atoms with E-state index in [-0.39, 0.29) is 11.7 Å². The molecule has 0 bridgehead atoms. The minimum Gasteiger partial charge on any atom is -0.375 e. The van der Waals surface area contributed by atoms with Crippen molar-refractivity contribution in [1.82, 2.24) is 0 Å². The predicted octanol–water partition coefficient (Wildman–Crippen LogP) is 5.46. The maximum absolute atomic E-state index is 13.8. The van der Waals surface area contributed by atoms with Gasteiger partial charge in [-0.3, -0.25) is 0 Å². The Hall–Kier alpha value is -1.42. The SMILES string of the molecule is CCc1ccc(C(C)Nc2c(F)cc(F)cc2Br)cc1. The fourth-order valence-corrected chi connectivity index (χ4v) is 2.54. The lowest BCUT2D eigenvalue weighted by atomic mass is 10.0. The van der Waals surface area contributed by atoms with E-state index in [9.17, 15) is 8.78 Å². The molecule has 0 aliphatic rings. The van der Waals surface area contributed by atoms with Crippen LogP contribution in [0.1, 0.15) is 31.0 Å². The molecule has 106 valence electrons. The van der Waals surface area contributed by atoms with E-state index in [1.807, 2.05) is 19.1 Å². The Morgan fingerprint density at radius 3 is 2.35 bits per heavy atom. The highest BCUT2D eigenvalue weighted by atomic mass is 79.9. The number of hydrogen-bond donors (Lipinski definition) is 1. The van der Waals surface area contributed by atoms with Gasteiger partial charge in [0, 0.05) is 16.6 Å². The zero-order chi connectivity index (χ0) is 14.7. The van der Waals surface area contributed by atoms with Gasteiger partial charge in [-0.15, -0.1) is 0 Å². The monoisotopic (exact) mass is 339 g/mol. The second-order valence-corrected chi connectivity index (χ2v) is 5.56. The van der Waals surface area contributed by atoms with Crippen LogP contribution in [0.5, 0.6) is 0 Å². The minimum atomic E-state index is -0.603. The molecular formula is C16H16BrF2N. The Morgan fingerprint density at radius 1 is 1.15 bits per heavy atom. The summed E-state index contributed by atoms with van der Waals surface area (Å²) in [6, 6.07) is 10.2. The van der Waals surface area contributed by atoms with Crippen LogP contribution in [0, 0.1) is 11.6 Å². The van der Waals surface area contributed by atoms with Gasteiger partial charge in [0.25, 0.3) is 0 Å². The molecule has 2 rings (SSSR count). The summed E-state index contributed by atoms with van der Waals surface area (Å²) in [5.41, 5.74) is 2.59. The van der Waals surface area contributed by atoms with Crippen molar-refractivity contribution >= 4 is 21.6 Å². The first-order chi connectivity index (χ1) is 9.51. The van der Waals surface area contributed by atoms with Crippen molar-refractivity contribution in [3.8, 4) is 0 Å². The molecule has 1 N–H and O–H groups in total. The first-order valence-corrected chi connectivity index (χ1v) is 7.30. The predicted molar refractivity (Wildman–Crippen MR) is 81.9 cm³/mol. The van der Waals surface area contributed by atoms with Gasteiger partial charge < -0.3 is 5.32 Å². The molecule has 0 saturated carbocycles. The maximum atomic E-state index is 13.8. The van der Waals surface area contributed by atoms with Crippen molar-refractivity contribution in [3.05, 3.63) is 63.6 Å². The van der Waals surface area contributed by atoms with Gasteiger partial charge in [-0.05, 0) is 46.5 Å². The third-order valence-corrected chi connectivity index (χ3v) is 3.88. The summed E-state index contributed by atoms with van der Waals surface area (Å²) in [5.74, 6) is -1.20. The molecule has 20 heavy (non-hydrogen) atoms. The Morgan fingerprint density at radius 2 is 1.80 bits per heavy atom. The second-order valence-electron chi connectivity index (χ2n) is 4.71. The molecule has 0 spiro atoms. The Bertz CT molecular complexity index is 573. The molecule has 0 fully saturated rings. The lowest BCUT2D eigenvalue weighted by Crippen LogP contribution is -2.09. The van der Waals surface area contributed by atoms with Crippen molar-refractivity contribution in [2.24, 2.45) is 0 Å². The number of hydrogen-bond acceptors (Lipinski definition) is 1. The highest BCUT2D eigenvalue weighted by Crippen LogP contribution is 2.30. The Labute approximate surface area is 126 Å². The van der Waals surface area contributed by atoms with E-state index in [0.29, 0.717) is 4.47 Å². The van der Waals surface area contributed by atoms with Crippen LogP contribution < -0.4 is 5.32 Å². The van der Waals surface area contributed by atoms with E-state index in [2.05, 4.69) is 40.3 Å². The number of nitrogens with one attached hydrogen (secondary N) is 1. The molecule has 0 amide bonds. The smallest absolute Gasteiger partial charge is 0.150 e. The van der Waals surface area contributed by atoms with Gasteiger partial charge in [-0.2, -0.15) is 0 Å². The molecule has 0 aliphatic heterocycles. The van der Waals surface area contributed by atoms with Gasteiger partial charge in [-0.25, -0.2) is 8.78 Å². The van der Waals surface area contributed by atoms with E-state index < -0.39 is 11.6 Å². The van der Waals surface area contributed by atoms with Crippen molar-refractivity contribution in [2.75, 3.05) is 5.32 Å². The summed E-state index contributed by atoms with van der Waals surface area (Å²) in [6.45, 7) is 4.04. The highest BCUT2D eigenvalue weighted by molar-refractivity contribution is 9.10. The second kappa shape index (κ2) is 6.35. The van der Waals surface area contributed by atoms with Crippen LogP contribution >= 0.6 is 15.9 Å². The van der Waals surface area contributed by atoms with Gasteiger partial charge in [0.05, 0.1) is 5.69 Å². The van der Waals surface area contributed by atoms with Crippen molar-refractivity contribution in [2.45, 2.75) is 26.3 Å². The average Bonchev–Trinajstić information content (AvgIpc) is 2.42. The van der Waals surface area contributed by atoms with Gasteiger partial charge in [-0.1, -0.05) is 31.2 Å². The molecule has 1 atom stereocenters. The van der Waals surface area contributed by atoms with E-state index >= 15 is 0 Å². The number of aryl methyl sites for hydroxylation is 1. The van der Waals surface area contributed by atoms with Crippen LogP contribution in [-0.2, 0) is 6.42 Å². The van der Waals surface area contributed by atoms with Crippen LogP contribution in [0.3, 0.4) is 0 Å². The van der Waals surface area contributed by atoms with E-state index in [1.54, 1.807) is 0 Å². The number of benzene rings is 2. The molecule has 0 saturated heterocycles. The standard InChI is InChI=1S/C16H16BrF2N/c1-3-11-4-6-12(7-5-11)10(2)20-16-14(17)8-13(18)9-15(16)19/h4-10,20H,3H2,1-2H3. The number of rotatable bonds is 4. The normalized spacial score (nSPS) is 12.2. The van der Waals surface area contributed by atoms with Gasteiger partial charge in [0.1, 0.15) is 11.6 Å². The lowest BCUT2D eigenvalue weighted by molar-refractivity contribution is 0.582. The molecule has 0 heterocycles. The summed E-state index contributed by atoms with van der Waals surface area (Å²) in [6.07, 6.45) is 0.986. The molecule has 0 aliphatic carbocycles. The number of halogens is 3. The van der Waals surface area contributed by atoms with Crippen molar-refractivity contribution in [3.63, 3.8) is 0 Å². The summed E-state index contributed by atoms with van der Waals surface area (Å²) in [4.78, 5) is 0. The zero-order valence-electron chi connectivity index (χ0n) is 11.4. The fourth-order valence-electron chi connectivity index (χ4n) is 2.02. The Balaban J connectivity index is 2.20. The largest absolute Gasteiger partial charge is 0.375 e. The van der Waals surface area contributed by atoms with Gasteiger partial charge in [0.15, 0.2) is 0 Å². The van der Waals surface area contributed by atoms with Crippen LogP contribution in [-0.4, -0.2) is 0 Å². The summed E-state index contributed by atoms with van der Waals surface area (Å²) in [5, 5.41) is 3.07. The number of anilines is 1.